The second-order valence-electron chi connectivity index (χ2n) is 7.10. The molecule has 0 saturated heterocycles. The number of fused-ring (bicyclic) bond motifs is 1. The number of aromatic nitrogens is 2. The lowest BCUT2D eigenvalue weighted by molar-refractivity contribution is 0.100. The van der Waals surface area contributed by atoms with Crippen molar-refractivity contribution in [3.8, 4) is 0 Å². The normalized spacial score (nSPS) is 13.6. The van der Waals surface area contributed by atoms with Gasteiger partial charge in [-0.15, -0.1) is 11.3 Å². The van der Waals surface area contributed by atoms with Gasteiger partial charge in [0.25, 0.3) is 11.8 Å². The van der Waals surface area contributed by atoms with Crippen LogP contribution in [0.5, 0.6) is 0 Å². The highest BCUT2D eigenvalue weighted by Crippen LogP contribution is 2.37. The highest BCUT2D eigenvalue weighted by atomic mass is 35.5. The van der Waals surface area contributed by atoms with Crippen LogP contribution in [0.15, 0.2) is 36.7 Å². The second kappa shape index (κ2) is 8.39. The van der Waals surface area contributed by atoms with Gasteiger partial charge in [0.05, 0.1) is 23.9 Å². The summed E-state index contributed by atoms with van der Waals surface area (Å²) in [7, 11) is 0. The van der Waals surface area contributed by atoms with Crippen LogP contribution in [0.4, 0.5) is 5.00 Å². The number of benzene rings is 1. The van der Waals surface area contributed by atoms with Crippen molar-refractivity contribution in [3.05, 3.63) is 68.8 Å². The molecule has 3 aromatic rings. The minimum atomic E-state index is -0.492. The maximum atomic E-state index is 12.8. The van der Waals surface area contributed by atoms with E-state index in [9.17, 15) is 9.59 Å². The van der Waals surface area contributed by atoms with Crippen molar-refractivity contribution >= 4 is 39.8 Å². The molecule has 3 N–H and O–H groups in total. The molecule has 1 aliphatic rings. The van der Waals surface area contributed by atoms with Crippen LogP contribution in [-0.2, 0) is 19.4 Å². The van der Waals surface area contributed by atoms with Crippen LogP contribution in [0.2, 0.25) is 5.02 Å². The molecule has 0 bridgehead atoms. The van der Waals surface area contributed by atoms with Crippen molar-refractivity contribution in [2.24, 2.45) is 5.73 Å². The van der Waals surface area contributed by atoms with E-state index in [4.69, 9.17) is 17.3 Å². The summed E-state index contributed by atoms with van der Waals surface area (Å²) in [5, 5.41) is 8.32. The van der Waals surface area contributed by atoms with Crippen molar-refractivity contribution in [1.82, 2.24) is 9.78 Å². The molecule has 0 saturated carbocycles. The molecule has 0 unspecified atom stereocenters. The largest absolute Gasteiger partial charge is 0.365 e. The quantitative estimate of drug-likeness (QED) is 0.594. The Bertz CT molecular complexity index is 1070. The first-order chi connectivity index (χ1) is 14.0. The maximum absolute atomic E-state index is 12.8. The Morgan fingerprint density at radius 3 is 2.79 bits per heavy atom. The molecule has 4 rings (SSSR count). The van der Waals surface area contributed by atoms with Crippen LogP contribution in [0.3, 0.4) is 0 Å². The van der Waals surface area contributed by atoms with Crippen molar-refractivity contribution in [2.75, 3.05) is 5.32 Å². The van der Waals surface area contributed by atoms with E-state index >= 15 is 0 Å². The number of halogens is 1. The Morgan fingerprint density at radius 1 is 1.21 bits per heavy atom. The lowest BCUT2D eigenvalue weighted by Gasteiger charge is -2.05. The molecule has 1 aromatic carbocycles. The third-order valence-electron chi connectivity index (χ3n) is 5.08. The van der Waals surface area contributed by atoms with Gasteiger partial charge in [0, 0.05) is 16.1 Å². The Balaban J connectivity index is 1.54. The number of hydrogen-bond donors (Lipinski definition) is 2. The first kappa shape index (κ1) is 19.7. The summed E-state index contributed by atoms with van der Waals surface area (Å²) in [5.41, 5.74) is 8.44. The lowest BCUT2D eigenvalue weighted by Crippen LogP contribution is -2.17. The first-order valence-corrected chi connectivity index (χ1v) is 10.7. The number of hydrogen-bond acceptors (Lipinski definition) is 4. The Morgan fingerprint density at radius 2 is 2.00 bits per heavy atom. The van der Waals surface area contributed by atoms with Gasteiger partial charge >= 0.3 is 0 Å². The fourth-order valence-electron chi connectivity index (χ4n) is 3.64. The fraction of sp³-hybridized carbons (Fsp3) is 0.286. The van der Waals surface area contributed by atoms with Crippen molar-refractivity contribution < 1.29 is 9.59 Å². The van der Waals surface area contributed by atoms with Gasteiger partial charge in [-0.1, -0.05) is 36.2 Å². The number of nitrogens with one attached hydrogen (secondary N) is 1. The molecule has 6 nitrogen and oxygen atoms in total. The Labute approximate surface area is 177 Å². The van der Waals surface area contributed by atoms with E-state index in [0.717, 1.165) is 48.1 Å². The summed E-state index contributed by atoms with van der Waals surface area (Å²) in [5.74, 6) is -0.802. The van der Waals surface area contributed by atoms with E-state index in [1.165, 1.54) is 17.5 Å². The highest BCUT2D eigenvalue weighted by Gasteiger charge is 2.24. The van der Waals surface area contributed by atoms with E-state index < -0.39 is 5.91 Å². The molecular weight excluding hydrogens is 408 g/mol. The van der Waals surface area contributed by atoms with Crippen LogP contribution in [0.25, 0.3) is 0 Å². The molecule has 0 atom stereocenters. The van der Waals surface area contributed by atoms with E-state index in [2.05, 4.69) is 10.4 Å². The number of anilines is 1. The van der Waals surface area contributed by atoms with Gasteiger partial charge in [-0.25, -0.2) is 0 Å². The van der Waals surface area contributed by atoms with Crippen LogP contribution in [0, 0.1) is 0 Å². The monoisotopic (exact) mass is 428 g/mol. The third-order valence-corrected chi connectivity index (χ3v) is 6.66. The van der Waals surface area contributed by atoms with Gasteiger partial charge in [0.15, 0.2) is 0 Å². The number of rotatable bonds is 5. The minimum Gasteiger partial charge on any atom is -0.365 e. The zero-order valence-corrected chi connectivity index (χ0v) is 17.4. The van der Waals surface area contributed by atoms with Crippen LogP contribution >= 0.6 is 22.9 Å². The summed E-state index contributed by atoms with van der Waals surface area (Å²) < 4.78 is 1.66. The molecule has 0 spiro atoms. The number of aryl methyl sites for hydroxylation is 1. The van der Waals surface area contributed by atoms with E-state index in [0.29, 0.717) is 27.7 Å². The summed E-state index contributed by atoms with van der Waals surface area (Å²) in [4.78, 5) is 26.0. The topological polar surface area (TPSA) is 90.0 Å². The average molecular weight is 429 g/mol. The zero-order chi connectivity index (χ0) is 20.4. The number of nitrogens with two attached hydrogens (primary N) is 1. The number of thiophene rings is 1. The molecule has 0 aliphatic heterocycles. The molecule has 1 aliphatic carbocycles. The average Bonchev–Trinajstić information content (AvgIpc) is 3.22. The van der Waals surface area contributed by atoms with Gasteiger partial charge in [0.1, 0.15) is 5.00 Å². The van der Waals surface area contributed by atoms with E-state index in [1.54, 1.807) is 10.9 Å². The molecule has 8 heteroatoms. The van der Waals surface area contributed by atoms with Crippen molar-refractivity contribution in [3.63, 3.8) is 0 Å². The number of primary amides is 1. The maximum Gasteiger partial charge on any atom is 0.259 e. The predicted molar refractivity (Wildman–Crippen MR) is 115 cm³/mol. The predicted octanol–water partition coefficient (Wildman–Crippen LogP) is 4.27. The molecule has 0 fully saturated rings. The van der Waals surface area contributed by atoms with Crippen LogP contribution < -0.4 is 11.1 Å². The molecule has 2 amide bonds. The van der Waals surface area contributed by atoms with Gasteiger partial charge < -0.3 is 11.1 Å². The van der Waals surface area contributed by atoms with Crippen LogP contribution in [-0.4, -0.2) is 21.6 Å². The minimum absolute atomic E-state index is 0.311. The molecule has 29 heavy (non-hydrogen) atoms. The zero-order valence-electron chi connectivity index (χ0n) is 15.8. The smallest absolute Gasteiger partial charge is 0.259 e. The van der Waals surface area contributed by atoms with Crippen molar-refractivity contribution in [2.45, 2.75) is 38.6 Å². The molecule has 2 heterocycles. The third kappa shape index (κ3) is 4.21. The SMILES string of the molecule is NC(=O)c1c(NC(=O)c2cnn(Cc3ccccc3Cl)c2)sc2c1CCCCC2. The molecule has 0 radical (unpaired) electrons. The Kier molecular flexibility index (Phi) is 5.69. The first-order valence-electron chi connectivity index (χ1n) is 9.54. The summed E-state index contributed by atoms with van der Waals surface area (Å²) >= 11 is 7.66. The van der Waals surface area contributed by atoms with Crippen LogP contribution in [0.1, 0.15) is 56.0 Å². The molecular formula is C21H21ClN4O2S. The van der Waals surface area contributed by atoms with Gasteiger partial charge in [0.2, 0.25) is 0 Å². The Hall–Kier alpha value is -2.64. The van der Waals surface area contributed by atoms with Crippen molar-refractivity contribution in [1.29, 1.82) is 0 Å². The number of nitrogens with zero attached hydrogens (tertiary/aromatic N) is 2. The summed E-state index contributed by atoms with van der Waals surface area (Å²) in [6.45, 7) is 0.465. The van der Waals surface area contributed by atoms with E-state index in [1.807, 2.05) is 24.3 Å². The second-order valence-corrected chi connectivity index (χ2v) is 8.62. The lowest BCUT2D eigenvalue weighted by atomic mass is 10.1. The number of amides is 2. The van der Waals surface area contributed by atoms with Gasteiger partial charge in [-0.2, -0.15) is 5.10 Å². The molecule has 150 valence electrons. The number of carbonyl (C=O) groups is 2. The summed E-state index contributed by atoms with van der Waals surface area (Å²) in [6.07, 6.45) is 8.20. The fourth-order valence-corrected chi connectivity index (χ4v) is 5.12. The van der Waals surface area contributed by atoms with E-state index in [-0.39, 0.29) is 5.91 Å². The standard InChI is InChI=1S/C21H21ClN4O2S/c22-16-8-5-4-6-13(16)11-26-12-14(10-24-26)20(28)25-21-18(19(23)27)15-7-2-1-3-9-17(15)29-21/h4-6,8,10,12H,1-3,7,9,11H2,(H2,23,27)(H,25,28). The van der Waals surface area contributed by atoms with Gasteiger partial charge in [-0.05, 0) is 42.9 Å². The van der Waals surface area contributed by atoms with Gasteiger partial charge in [-0.3, -0.25) is 14.3 Å². The summed E-state index contributed by atoms with van der Waals surface area (Å²) in [6, 6.07) is 7.51. The molecule has 2 aromatic heterocycles. The highest BCUT2D eigenvalue weighted by molar-refractivity contribution is 7.17. The number of carbonyl (C=O) groups excluding carboxylic acids is 2.